The van der Waals surface area contributed by atoms with Crippen molar-refractivity contribution >= 4 is 11.9 Å². The summed E-state index contributed by atoms with van der Waals surface area (Å²) in [5, 5.41) is 12.2. The Morgan fingerprint density at radius 2 is 1.76 bits per heavy atom. The lowest BCUT2D eigenvalue weighted by atomic mass is 9.79. The number of aliphatic carboxylic acids is 1. The van der Waals surface area contributed by atoms with Crippen LogP contribution in [0.4, 0.5) is 0 Å². The van der Waals surface area contributed by atoms with Crippen molar-refractivity contribution in [1.29, 1.82) is 0 Å². The highest BCUT2D eigenvalue weighted by atomic mass is 16.4. The summed E-state index contributed by atoms with van der Waals surface area (Å²) < 4.78 is 0. The van der Waals surface area contributed by atoms with Crippen LogP contribution in [-0.2, 0) is 4.79 Å². The fraction of sp³-hybridized carbons (Fsp3) is 0.529. The molecule has 2 unspecified atom stereocenters. The van der Waals surface area contributed by atoms with E-state index in [9.17, 15) is 14.7 Å². The first-order valence-electron chi connectivity index (χ1n) is 7.56. The lowest BCUT2D eigenvalue weighted by molar-refractivity contribution is -0.144. The van der Waals surface area contributed by atoms with Crippen LogP contribution in [0.25, 0.3) is 0 Å². The van der Waals surface area contributed by atoms with E-state index in [1.807, 2.05) is 32.0 Å². The number of carbonyl (C=O) groups excluding carboxylic acids is 1. The fourth-order valence-electron chi connectivity index (χ4n) is 3.21. The second-order valence-corrected chi connectivity index (χ2v) is 6.08. The Kier molecular flexibility index (Phi) is 4.99. The maximum Gasteiger partial charge on any atom is 0.306 e. The molecule has 0 aliphatic heterocycles. The molecule has 2 N–H and O–H groups in total. The van der Waals surface area contributed by atoms with E-state index in [-0.39, 0.29) is 17.7 Å². The van der Waals surface area contributed by atoms with E-state index in [0.717, 1.165) is 36.8 Å². The van der Waals surface area contributed by atoms with Crippen molar-refractivity contribution < 1.29 is 14.7 Å². The third-order valence-corrected chi connectivity index (χ3v) is 4.23. The summed E-state index contributed by atoms with van der Waals surface area (Å²) in [6.07, 6.45) is 3.62. The third-order valence-electron chi connectivity index (χ3n) is 4.23. The van der Waals surface area contributed by atoms with Crippen LogP contribution < -0.4 is 5.32 Å². The molecule has 1 aromatic rings. The van der Waals surface area contributed by atoms with Crippen LogP contribution in [0.3, 0.4) is 0 Å². The zero-order valence-electron chi connectivity index (χ0n) is 12.7. The van der Waals surface area contributed by atoms with E-state index < -0.39 is 5.97 Å². The van der Waals surface area contributed by atoms with E-state index in [4.69, 9.17) is 0 Å². The SMILES string of the molecule is Cc1cc(C)cc(C(=O)NCC2CCCCC2C(=O)O)c1. The van der Waals surface area contributed by atoms with Gasteiger partial charge >= 0.3 is 5.97 Å². The first kappa shape index (κ1) is 15.5. The molecule has 1 aromatic carbocycles. The van der Waals surface area contributed by atoms with E-state index in [1.54, 1.807) is 0 Å². The number of benzene rings is 1. The summed E-state index contributed by atoms with van der Waals surface area (Å²) in [7, 11) is 0. The van der Waals surface area contributed by atoms with Gasteiger partial charge in [-0.2, -0.15) is 0 Å². The minimum absolute atomic E-state index is 0.0473. The molecule has 4 heteroatoms. The Morgan fingerprint density at radius 1 is 1.14 bits per heavy atom. The van der Waals surface area contributed by atoms with Crippen molar-refractivity contribution in [3.8, 4) is 0 Å². The first-order valence-corrected chi connectivity index (χ1v) is 7.56. The van der Waals surface area contributed by atoms with Gasteiger partial charge in [-0.05, 0) is 44.7 Å². The number of hydrogen-bond acceptors (Lipinski definition) is 2. The van der Waals surface area contributed by atoms with E-state index in [0.29, 0.717) is 12.1 Å². The fourth-order valence-corrected chi connectivity index (χ4v) is 3.21. The van der Waals surface area contributed by atoms with Crippen LogP contribution >= 0.6 is 0 Å². The van der Waals surface area contributed by atoms with Gasteiger partial charge in [-0.1, -0.05) is 30.0 Å². The number of carbonyl (C=O) groups is 2. The highest BCUT2D eigenvalue weighted by Gasteiger charge is 2.30. The molecule has 0 bridgehead atoms. The molecule has 0 heterocycles. The van der Waals surface area contributed by atoms with Crippen molar-refractivity contribution in [1.82, 2.24) is 5.32 Å². The predicted molar refractivity (Wildman–Crippen MR) is 81.3 cm³/mol. The van der Waals surface area contributed by atoms with Gasteiger partial charge in [0.15, 0.2) is 0 Å². The normalized spacial score (nSPS) is 21.8. The molecule has 1 amide bonds. The second kappa shape index (κ2) is 6.74. The minimum atomic E-state index is -0.736. The van der Waals surface area contributed by atoms with Gasteiger partial charge in [0.1, 0.15) is 0 Å². The zero-order chi connectivity index (χ0) is 15.4. The number of carboxylic acid groups (broad SMARTS) is 1. The van der Waals surface area contributed by atoms with Crippen molar-refractivity contribution in [2.75, 3.05) is 6.54 Å². The van der Waals surface area contributed by atoms with Gasteiger partial charge in [0.05, 0.1) is 5.92 Å². The molecule has 114 valence electrons. The minimum Gasteiger partial charge on any atom is -0.481 e. The van der Waals surface area contributed by atoms with Gasteiger partial charge in [0.25, 0.3) is 5.91 Å². The number of hydrogen-bond donors (Lipinski definition) is 2. The maximum atomic E-state index is 12.2. The number of aryl methyl sites for hydroxylation is 2. The molecule has 1 fully saturated rings. The summed E-state index contributed by atoms with van der Waals surface area (Å²) in [5.74, 6) is -1.12. The Bertz CT molecular complexity index is 519. The lowest BCUT2D eigenvalue weighted by Gasteiger charge is -2.28. The van der Waals surface area contributed by atoms with Crippen molar-refractivity contribution in [2.45, 2.75) is 39.5 Å². The van der Waals surface area contributed by atoms with Gasteiger partial charge in [-0.25, -0.2) is 0 Å². The van der Waals surface area contributed by atoms with Crippen LogP contribution in [-0.4, -0.2) is 23.5 Å². The van der Waals surface area contributed by atoms with E-state index in [1.165, 1.54) is 0 Å². The molecule has 0 aromatic heterocycles. The van der Waals surface area contributed by atoms with Gasteiger partial charge in [-0.15, -0.1) is 0 Å². The van der Waals surface area contributed by atoms with Gasteiger partial charge in [0.2, 0.25) is 0 Å². The summed E-state index contributed by atoms with van der Waals surface area (Å²) in [6, 6.07) is 5.74. The second-order valence-electron chi connectivity index (χ2n) is 6.08. The van der Waals surface area contributed by atoms with E-state index in [2.05, 4.69) is 5.32 Å². The first-order chi connectivity index (χ1) is 9.97. The molecule has 2 atom stereocenters. The third kappa shape index (κ3) is 4.06. The van der Waals surface area contributed by atoms with Gasteiger partial charge < -0.3 is 10.4 Å². The molecule has 0 radical (unpaired) electrons. The summed E-state index contributed by atoms with van der Waals surface area (Å²) in [4.78, 5) is 23.5. The van der Waals surface area contributed by atoms with Crippen LogP contribution in [0.15, 0.2) is 18.2 Å². The summed E-state index contributed by atoms with van der Waals surface area (Å²) >= 11 is 0. The average Bonchev–Trinajstić information content (AvgIpc) is 2.43. The maximum absolute atomic E-state index is 12.2. The van der Waals surface area contributed by atoms with Crippen molar-refractivity contribution in [3.63, 3.8) is 0 Å². The van der Waals surface area contributed by atoms with Crippen LogP contribution in [0, 0.1) is 25.7 Å². The molecule has 1 aliphatic carbocycles. The number of rotatable bonds is 4. The molecule has 21 heavy (non-hydrogen) atoms. The molecule has 0 saturated heterocycles. The molecular weight excluding hydrogens is 266 g/mol. The van der Waals surface area contributed by atoms with Crippen LogP contribution in [0.5, 0.6) is 0 Å². The molecule has 4 nitrogen and oxygen atoms in total. The Hall–Kier alpha value is -1.84. The summed E-state index contributed by atoms with van der Waals surface area (Å²) in [5.41, 5.74) is 2.76. The Morgan fingerprint density at radius 3 is 2.38 bits per heavy atom. The number of carboxylic acids is 1. The van der Waals surface area contributed by atoms with Crippen molar-refractivity contribution in [3.05, 3.63) is 34.9 Å². The smallest absolute Gasteiger partial charge is 0.306 e. The average molecular weight is 289 g/mol. The largest absolute Gasteiger partial charge is 0.481 e. The Labute approximate surface area is 125 Å². The van der Waals surface area contributed by atoms with Crippen LogP contribution in [0.1, 0.15) is 47.2 Å². The molecule has 0 spiro atoms. The molecule has 1 saturated carbocycles. The Balaban J connectivity index is 1.98. The quantitative estimate of drug-likeness (QED) is 0.895. The molecular formula is C17H23NO3. The molecule has 2 rings (SSSR count). The highest BCUT2D eigenvalue weighted by Crippen LogP contribution is 2.29. The highest BCUT2D eigenvalue weighted by molar-refractivity contribution is 5.94. The topological polar surface area (TPSA) is 66.4 Å². The van der Waals surface area contributed by atoms with Crippen LogP contribution in [0.2, 0.25) is 0 Å². The van der Waals surface area contributed by atoms with Crippen molar-refractivity contribution in [2.24, 2.45) is 11.8 Å². The standard InChI is InChI=1S/C17H23NO3/c1-11-7-12(2)9-14(8-11)16(19)18-10-13-5-3-4-6-15(13)17(20)21/h7-9,13,15H,3-6,10H2,1-2H3,(H,18,19)(H,20,21). The number of amides is 1. The zero-order valence-corrected chi connectivity index (χ0v) is 12.7. The van der Waals surface area contributed by atoms with E-state index >= 15 is 0 Å². The number of nitrogens with one attached hydrogen (secondary N) is 1. The van der Waals surface area contributed by atoms with Gasteiger partial charge in [0, 0.05) is 12.1 Å². The monoisotopic (exact) mass is 289 g/mol. The summed E-state index contributed by atoms with van der Waals surface area (Å²) in [6.45, 7) is 4.37. The predicted octanol–water partition coefficient (Wildman–Crippen LogP) is 2.92. The lowest BCUT2D eigenvalue weighted by Crippen LogP contribution is -2.37. The molecule has 1 aliphatic rings. The van der Waals surface area contributed by atoms with Gasteiger partial charge in [-0.3, -0.25) is 9.59 Å².